The predicted molar refractivity (Wildman–Crippen MR) is 75.2 cm³/mol. The molecular formula is C15H24N2O2. The molecule has 2 rings (SSSR count). The van der Waals surface area contributed by atoms with Crippen molar-refractivity contribution in [1.29, 1.82) is 0 Å². The molecule has 1 aliphatic rings. The summed E-state index contributed by atoms with van der Waals surface area (Å²) in [6.07, 6.45) is 9.60. The molecule has 0 aliphatic heterocycles. The number of hydrogen-bond acceptors (Lipinski definition) is 2. The van der Waals surface area contributed by atoms with E-state index in [2.05, 4.69) is 9.88 Å². The van der Waals surface area contributed by atoms with Crippen LogP contribution in [0.25, 0.3) is 0 Å². The number of nitrogens with one attached hydrogen (secondary N) is 1. The van der Waals surface area contributed by atoms with Crippen LogP contribution in [0.15, 0.2) is 18.3 Å². The minimum absolute atomic E-state index is 0.0408. The molecule has 1 aliphatic carbocycles. The van der Waals surface area contributed by atoms with Crippen molar-refractivity contribution >= 4 is 5.91 Å². The van der Waals surface area contributed by atoms with Crippen molar-refractivity contribution in [1.82, 2.24) is 9.88 Å². The number of hydrogen-bond donors (Lipinski definition) is 2. The molecule has 19 heavy (non-hydrogen) atoms. The van der Waals surface area contributed by atoms with Gasteiger partial charge in [0.1, 0.15) is 5.69 Å². The standard InChI is InChI=1S/C15H24N2O2/c18-12-4-2-1-3-10-16-15(19)14-9-6-11-17(14)13-7-5-8-13/h6,9,11,13,18H,1-5,7-8,10,12H2,(H,16,19). The van der Waals surface area contributed by atoms with Gasteiger partial charge < -0.3 is 15.0 Å². The Bertz CT molecular complexity index is 397. The second-order valence-electron chi connectivity index (χ2n) is 5.28. The van der Waals surface area contributed by atoms with Gasteiger partial charge in [-0.2, -0.15) is 0 Å². The average Bonchev–Trinajstić information content (AvgIpc) is 2.80. The SMILES string of the molecule is O=C(NCCCCCCO)c1cccn1C1CCC1. The molecule has 1 saturated carbocycles. The Labute approximate surface area is 114 Å². The summed E-state index contributed by atoms with van der Waals surface area (Å²) in [5, 5.41) is 11.7. The lowest BCUT2D eigenvalue weighted by molar-refractivity contribution is 0.0937. The van der Waals surface area contributed by atoms with Crippen LogP contribution in [0.1, 0.15) is 61.5 Å². The maximum absolute atomic E-state index is 12.1. The third-order valence-electron chi connectivity index (χ3n) is 3.85. The summed E-state index contributed by atoms with van der Waals surface area (Å²) in [7, 11) is 0. The third-order valence-corrected chi connectivity index (χ3v) is 3.85. The Morgan fingerprint density at radius 3 is 2.79 bits per heavy atom. The fourth-order valence-electron chi connectivity index (χ4n) is 2.45. The van der Waals surface area contributed by atoms with Crippen LogP contribution in [0.4, 0.5) is 0 Å². The normalized spacial score (nSPS) is 15.2. The largest absolute Gasteiger partial charge is 0.396 e. The Kier molecular flexibility index (Phi) is 5.45. The lowest BCUT2D eigenvalue weighted by Crippen LogP contribution is -2.29. The number of aliphatic hydroxyl groups excluding tert-OH is 1. The van der Waals surface area contributed by atoms with Gasteiger partial charge in [0, 0.05) is 25.4 Å². The predicted octanol–water partition coefficient (Wildman–Crippen LogP) is 2.50. The van der Waals surface area contributed by atoms with Crippen molar-refractivity contribution in [3.8, 4) is 0 Å². The summed E-state index contributed by atoms with van der Waals surface area (Å²) in [5.41, 5.74) is 0.792. The topological polar surface area (TPSA) is 54.3 Å². The zero-order valence-corrected chi connectivity index (χ0v) is 11.5. The molecule has 1 aromatic rings. The second kappa shape index (κ2) is 7.34. The van der Waals surface area contributed by atoms with Crippen molar-refractivity contribution in [3.05, 3.63) is 24.0 Å². The lowest BCUT2D eigenvalue weighted by atomic mass is 9.93. The summed E-state index contributed by atoms with van der Waals surface area (Å²) < 4.78 is 2.12. The van der Waals surface area contributed by atoms with Crippen LogP contribution in [0.3, 0.4) is 0 Å². The monoisotopic (exact) mass is 264 g/mol. The summed E-state index contributed by atoms with van der Waals surface area (Å²) in [6, 6.07) is 4.38. The molecule has 0 bridgehead atoms. The van der Waals surface area contributed by atoms with Gasteiger partial charge in [0.15, 0.2) is 0 Å². The van der Waals surface area contributed by atoms with Gasteiger partial charge in [0.25, 0.3) is 5.91 Å². The molecule has 2 N–H and O–H groups in total. The van der Waals surface area contributed by atoms with E-state index in [-0.39, 0.29) is 12.5 Å². The van der Waals surface area contributed by atoms with Crippen LogP contribution in [0.5, 0.6) is 0 Å². The number of aromatic nitrogens is 1. The number of carbonyl (C=O) groups excluding carboxylic acids is 1. The zero-order chi connectivity index (χ0) is 13.5. The van der Waals surface area contributed by atoms with E-state index in [1.165, 1.54) is 19.3 Å². The fraction of sp³-hybridized carbons (Fsp3) is 0.667. The lowest BCUT2D eigenvalue weighted by Gasteiger charge is -2.28. The van der Waals surface area contributed by atoms with Crippen molar-refractivity contribution in [2.75, 3.05) is 13.2 Å². The van der Waals surface area contributed by atoms with Crippen molar-refractivity contribution < 1.29 is 9.90 Å². The van der Waals surface area contributed by atoms with E-state index in [0.717, 1.165) is 37.9 Å². The number of carbonyl (C=O) groups is 1. The van der Waals surface area contributed by atoms with E-state index in [1.54, 1.807) is 0 Å². The first-order valence-corrected chi connectivity index (χ1v) is 7.39. The molecule has 0 radical (unpaired) electrons. The van der Waals surface area contributed by atoms with Gasteiger partial charge in [-0.25, -0.2) is 0 Å². The highest BCUT2D eigenvalue weighted by Crippen LogP contribution is 2.32. The van der Waals surface area contributed by atoms with E-state index < -0.39 is 0 Å². The zero-order valence-electron chi connectivity index (χ0n) is 11.5. The molecule has 0 unspecified atom stereocenters. The molecule has 0 atom stereocenters. The summed E-state index contributed by atoms with van der Waals surface area (Å²) >= 11 is 0. The van der Waals surface area contributed by atoms with Gasteiger partial charge in [0.05, 0.1) is 0 Å². The van der Waals surface area contributed by atoms with E-state index >= 15 is 0 Å². The van der Waals surface area contributed by atoms with Gasteiger partial charge in [-0.05, 0) is 44.2 Å². The van der Waals surface area contributed by atoms with E-state index in [4.69, 9.17) is 5.11 Å². The number of aliphatic hydroxyl groups is 1. The van der Waals surface area contributed by atoms with Crippen molar-refractivity contribution in [2.45, 2.75) is 51.0 Å². The first-order chi connectivity index (χ1) is 9.33. The summed E-state index contributed by atoms with van der Waals surface area (Å²) in [4.78, 5) is 12.1. The molecule has 1 heterocycles. The van der Waals surface area contributed by atoms with Gasteiger partial charge in [-0.3, -0.25) is 4.79 Å². The summed E-state index contributed by atoms with van der Waals surface area (Å²) in [6.45, 7) is 0.987. The molecule has 0 spiro atoms. The number of unbranched alkanes of at least 4 members (excludes halogenated alkanes) is 3. The molecule has 1 fully saturated rings. The first kappa shape index (κ1) is 14.1. The molecule has 0 aromatic carbocycles. The number of nitrogens with zero attached hydrogens (tertiary/aromatic N) is 1. The molecule has 1 aromatic heterocycles. The Hall–Kier alpha value is -1.29. The minimum Gasteiger partial charge on any atom is -0.396 e. The van der Waals surface area contributed by atoms with E-state index in [0.29, 0.717) is 6.04 Å². The Balaban J connectivity index is 1.72. The molecule has 4 nitrogen and oxygen atoms in total. The van der Waals surface area contributed by atoms with Gasteiger partial charge in [-0.15, -0.1) is 0 Å². The van der Waals surface area contributed by atoms with Crippen LogP contribution in [0.2, 0.25) is 0 Å². The smallest absolute Gasteiger partial charge is 0.267 e. The number of rotatable bonds is 8. The first-order valence-electron chi connectivity index (χ1n) is 7.39. The Morgan fingerprint density at radius 1 is 1.32 bits per heavy atom. The highest BCUT2D eigenvalue weighted by atomic mass is 16.2. The maximum atomic E-state index is 12.1. The minimum atomic E-state index is 0.0408. The molecule has 106 valence electrons. The van der Waals surface area contributed by atoms with Crippen LogP contribution < -0.4 is 5.32 Å². The highest BCUT2D eigenvalue weighted by molar-refractivity contribution is 5.92. The van der Waals surface area contributed by atoms with E-state index in [1.807, 2.05) is 18.3 Å². The van der Waals surface area contributed by atoms with Gasteiger partial charge in [0.2, 0.25) is 0 Å². The van der Waals surface area contributed by atoms with Crippen LogP contribution in [0, 0.1) is 0 Å². The van der Waals surface area contributed by atoms with Crippen LogP contribution >= 0.6 is 0 Å². The van der Waals surface area contributed by atoms with Crippen LogP contribution in [-0.4, -0.2) is 28.7 Å². The average molecular weight is 264 g/mol. The van der Waals surface area contributed by atoms with Crippen LogP contribution in [-0.2, 0) is 0 Å². The van der Waals surface area contributed by atoms with E-state index in [9.17, 15) is 4.79 Å². The maximum Gasteiger partial charge on any atom is 0.267 e. The van der Waals surface area contributed by atoms with Crippen molar-refractivity contribution in [3.63, 3.8) is 0 Å². The molecule has 0 saturated heterocycles. The second-order valence-corrected chi connectivity index (χ2v) is 5.28. The highest BCUT2D eigenvalue weighted by Gasteiger charge is 2.22. The van der Waals surface area contributed by atoms with Gasteiger partial charge in [-0.1, -0.05) is 12.8 Å². The Morgan fingerprint density at radius 2 is 2.11 bits per heavy atom. The quantitative estimate of drug-likeness (QED) is 0.709. The molecular weight excluding hydrogens is 240 g/mol. The van der Waals surface area contributed by atoms with Gasteiger partial charge >= 0.3 is 0 Å². The molecule has 4 heteroatoms. The third kappa shape index (κ3) is 3.83. The number of amides is 1. The summed E-state index contributed by atoms with van der Waals surface area (Å²) in [5.74, 6) is 0.0408. The molecule has 1 amide bonds. The van der Waals surface area contributed by atoms with Crippen molar-refractivity contribution in [2.24, 2.45) is 0 Å². The fourth-order valence-corrected chi connectivity index (χ4v) is 2.45.